The predicted octanol–water partition coefficient (Wildman–Crippen LogP) is 6.30. The number of nitrogens with zero attached hydrogens (tertiary/aromatic N) is 1. The minimum absolute atomic E-state index is 0.213. The molecule has 1 aliphatic rings. The van der Waals surface area contributed by atoms with Crippen LogP contribution in [0.3, 0.4) is 0 Å². The predicted molar refractivity (Wildman–Crippen MR) is 135 cm³/mol. The van der Waals surface area contributed by atoms with Crippen LogP contribution >= 0.6 is 27.7 Å². The highest BCUT2D eigenvalue weighted by Crippen LogP contribution is 2.40. The molecule has 1 saturated heterocycles. The topological polar surface area (TPSA) is 72.9 Å². The molecule has 3 aromatic carbocycles. The van der Waals surface area contributed by atoms with Crippen LogP contribution in [0.4, 0.5) is 4.79 Å². The molecule has 1 heterocycles. The summed E-state index contributed by atoms with van der Waals surface area (Å²) in [5.41, 5.74) is 1.91. The van der Waals surface area contributed by atoms with Crippen molar-refractivity contribution in [3.63, 3.8) is 0 Å². The lowest BCUT2D eigenvalue weighted by atomic mass is 10.1. The number of imide groups is 1. The molecule has 0 spiro atoms. The van der Waals surface area contributed by atoms with E-state index in [1.807, 2.05) is 43.3 Å². The third kappa shape index (κ3) is 5.40. The first kappa shape index (κ1) is 23.8. The first-order valence-corrected chi connectivity index (χ1v) is 12.1. The van der Waals surface area contributed by atoms with Gasteiger partial charge in [0.1, 0.15) is 0 Å². The average molecular weight is 538 g/mol. The molecule has 172 valence electrons. The largest absolute Gasteiger partial charge is 0.490 e. The van der Waals surface area contributed by atoms with E-state index in [2.05, 4.69) is 15.9 Å². The smallest absolute Gasteiger partial charge is 0.343 e. The van der Waals surface area contributed by atoms with E-state index < -0.39 is 5.97 Å². The van der Waals surface area contributed by atoms with Crippen LogP contribution in [0.1, 0.15) is 28.4 Å². The summed E-state index contributed by atoms with van der Waals surface area (Å²) in [6.07, 6.45) is 1.63. The first-order valence-electron chi connectivity index (χ1n) is 10.5. The molecule has 34 heavy (non-hydrogen) atoms. The van der Waals surface area contributed by atoms with Crippen LogP contribution in [-0.2, 0) is 11.3 Å². The van der Waals surface area contributed by atoms with E-state index in [0.29, 0.717) is 32.9 Å². The lowest BCUT2D eigenvalue weighted by molar-refractivity contribution is -0.123. The van der Waals surface area contributed by atoms with E-state index in [1.165, 1.54) is 4.90 Å². The standard InChI is InChI=1S/C26H20BrNO5S/c1-2-32-21-14-18(13-20(27)23(21)33-25(30)19-11-7-4-8-12-19)15-22-24(29)28(26(31)34-22)16-17-9-5-3-6-10-17/h3-15H,2,16H2,1H3/b22-15-. The SMILES string of the molecule is CCOc1cc(/C=C2\SC(=O)N(Cc3ccccc3)C2=O)cc(Br)c1OC(=O)c1ccccc1. The van der Waals surface area contributed by atoms with Gasteiger partial charge in [0.05, 0.1) is 28.1 Å². The number of benzene rings is 3. The van der Waals surface area contributed by atoms with Crippen molar-refractivity contribution in [1.82, 2.24) is 4.90 Å². The van der Waals surface area contributed by atoms with Gasteiger partial charge in [0.2, 0.25) is 0 Å². The molecule has 0 N–H and O–H groups in total. The molecule has 1 fully saturated rings. The Hall–Kier alpha value is -3.36. The number of amides is 2. The quantitative estimate of drug-likeness (QED) is 0.200. The van der Waals surface area contributed by atoms with Gasteiger partial charge in [0, 0.05) is 0 Å². The normalized spacial score (nSPS) is 14.5. The van der Waals surface area contributed by atoms with Gasteiger partial charge in [-0.2, -0.15) is 0 Å². The third-order valence-corrected chi connectivity index (χ3v) is 6.39. The van der Waals surface area contributed by atoms with Gasteiger partial charge in [-0.25, -0.2) is 4.79 Å². The summed E-state index contributed by atoms with van der Waals surface area (Å²) in [5, 5.41) is -0.322. The van der Waals surface area contributed by atoms with Gasteiger partial charge >= 0.3 is 5.97 Å². The molecular weight excluding hydrogens is 518 g/mol. The molecule has 0 unspecified atom stereocenters. The van der Waals surface area contributed by atoms with Gasteiger partial charge in [0.25, 0.3) is 11.1 Å². The fourth-order valence-corrected chi connectivity index (χ4v) is 4.69. The van der Waals surface area contributed by atoms with Gasteiger partial charge in [-0.1, -0.05) is 48.5 Å². The lowest BCUT2D eigenvalue weighted by Gasteiger charge is -2.14. The fraction of sp³-hybridized carbons (Fsp3) is 0.115. The molecule has 1 aliphatic heterocycles. The molecule has 6 nitrogen and oxygen atoms in total. The van der Waals surface area contributed by atoms with Crippen molar-refractivity contribution < 1.29 is 23.9 Å². The number of ether oxygens (including phenoxy) is 2. The molecule has 0 saturated carbocycles. The van der Waals surface area contributed by atoms with Gasteiger partial charge in [-0.05, 0) is 76.1 Å². The zero-order chi connectivity index (χ0) is 24.1. The van der Waals surface area contributed by atoms with Crippen LogP contribution in [0, 0.1) is 0 Å². The second-order valence-electron chi connectivity index (χ2n) is 7.27. The van der Waals surface area contributed by atoms with Crippen molar-refractivity contribution in [1.29, 1.82) is 0 Å². The first-order chi connectivity index (χ1) is 16.5. The summed E-state index contributed by atoms with van der Waals surface area (Å²) in [4.78, 5) is 39.4. The molecule has 2 amide bonds. The van der Waals surface area contributed by atoms with Crippen molar-refractivity contribution in [2.45, 2.75) is 13.5 Å². The summed E-state index contributed by atoms with van der Waals surface area (Å²) in [5.74, 6) is -0.287. The van der Waals surface area contributed by atoms with Gasteiger partial charge in [0.15, 0.2) is 11.5 Å². The second kappa shape index (κ2) is 10.7. The van der Waals surface area contributed by atoms with Crippen molar-refractivity contribution in [3.8, 4) is 11.5 Å². The molecule has 3 aromatic rings. The highest BCUT2D eigenvalue weighted by Gasteiger charge is 2.35. The van der Waals surface area contributed by atoms with Gasteiger partial charge in [-0.15, -0.1) is 0 Å². The maximum atomic E-state index is 12.9. The van der Waals surface area contributed by atoms with Crippen LogP contribution < -0.4 is 9.47 Å². The Morgan fingerprint density at radius 3 is 2.38 bits per heavy atom. The highest BCUT2D eigenvalue weighted by molar-refractivity contribution is 9.10. The van der Waals surface area contributed by atoms with Gasteiger partial charge in [-0.3, -0.25) is 14.5 Å². The Balaban J connectivity index is 1.59. The Morgan fingerprint density at radius 1 is 1.03 bits per heavy atom. The average Bonchev–Trinajstić information content (AvgIpc) is 3.10. The second-order valence-corrected chi connectivity index (χ2v) is 9.12. The number of thioether (sulfide) groups is 1. The number of hydrogen-bond donors (Lipinski definition) is 0. The number of rotatable bonds is 7. The van der Waals surface area contributed by atoms with E-state index in [0.717, 1.165) is 17.3 Å². The van der Waals surface area contributed by atoms with E-state index in [1.54, 1.807) is 42.5 Å². The Morgan fingerprint density at radius 2 is 1.71 bits per heavy atom. The third-order valence-electron chi connectivity index (χ3n) is 4.89. The van der Waals surface area contributed by atoms with E-state index in [-0.39, 0.29) is 23.4 Å². The molecule has 0 aromatic heterocycles. The molecule has 0 bridgehead atoms. The van der Waals surface area contributed by atoms with E-state index in [4.69, 9.17) is 9.47 Å². The molecule has 4 rings (SSSR count). The zero-order valence-corrected chi connectivity index (χ0v) is 20.6. The fourth-order valence-electron chi connectivity index (χ4n) is 3.31. The highest BCUT2D eigenvalue weighted by atomic mass is 79.9. The monoisotopic (exact) mass is 537 g/mol. The Labute approximate surface area is 209 Å². The van der Waals surface area contributed by atoms with Crippen LogP contribution in [0.5, 0.6) is 11.5 Å². The van der Waals surface area contributed by atoms with Crippen LogP contribution in [-0.4, -0.2) is 28.6 Å². The summed E-state index contributed by atoms with van der Waals surface area (Å²) in [7, 11) is 0. The summed E-state index contributed by atoms with van der Waals surface area (Å²) < 4.78 is 11.8. The Kier molecular flexibility index (Phi) is 7.49. The van der Waals surface area contributed by atoms with E-state index >= 15 is 0 Å². The molecule has 8 heteroatoms. The van der Waals surface area contributed by atoms with Crippen LogP contribution in [0.2, 0.25) is 0 Å². The van der Waals surface area contributed by atoms with Crippen molar-refractivity contribution in [2.75, 3.05) is 6.61 Å². The summed E-state index contributed by atoms with van der Waals surface area (Å²) in [6, 6.07) is 21.4. The van der Waals surface area contributed by atoms with Crippen molar-refractivity contribution in [3.05, 3.63) is 98.9 Å². The van der Waals surface area contributed by atoms with Crippen molar-refractivity contribution >= 4 is 50.9 Å². The maximum Gasteiger partial charge on any atom is 0.343 e. The van der Waals surface area contributed by atoms with E-state index in [9.17, 15) is 14.4 Å². The van der Waals surface area contributed by atoms with Crippen LogP contribution in [0.15, 0.2) is 82.2 Å². The van der Waals surface area contributed by atoms with Crippen molar-refractivity contribution in [2.24, 2.45) is 0 Å². The molecule has 0 aliphatic carbocycles. The number of halogens is 1. The lowest BCUT2D eigenvalue weighted by Crippen LogP contribution is -2.27. The molecule has 0 atom stereocenters. The summed E-state index contributed by atoms with van der Waals surface area (Å²) in [6.45, 7) is 2.38. The Bertz CT molecular complexity index is 1260. The molecular formula is C26H20BrNO5S. The number of carbonyl (C=O) groups excluding carboxylic acids is 3. The summed E-state index contributed by atoms with van der Waals surface area (Å²) >= 11 is 4.34. The van der Waals surface area contributed by atoms with Gasteiger partial charge < -0.3 is 9.47 Å². The molecule has 0 radical (unpaired) electrons. The number of hydrogen-bond acceptors (Lipinski definition) is 6. The maximum absolute atomic E-state index is 12.9. The number of carbonyl (C=O) groups is 3. The minimum Gasteiger partial charge on any atom is -0.490 e. The minimum atomic E-state index is -0.517. The zero-order valence-electron chi connectivity index (χ0n) is 18.2. The van der Waals surface area contributed by atoms with Crippen LogP contribution in [0.25, 0.3) is 6.08 Å². The number of esters is 1.